The second-order valence-electron chi connectivity index (χ2n) is 9.71. The van der Waals surface area contributed by atoms with Gasteiger partial charge in [0.2, 0.25) is 0 Å². The minimum atomic E-state index is -3.88. The minimum Gasteiger partial charge on any atom is -0.394 e. The fraction of sp³-hybridized carbons (Fsp3) is 0.478. The number of rotatable bonds is 9. The second kappa shape index (κ2) is 11.1. The molecule has 220 valence electrons. The minimum absolute atomic E-state index is 0.00445. The molecule has 2 aliphatic heterocycles. The van der Waals surface area contributed by atoms with Crippen molar-refractivity contribution < 1.29 is 38.0 Å². The Bertz CT molecular complexity index is 1670. The molecule has 1 unspecified atom stereocenters. The van der Waals surface area contributed by atoms with E-state index < -0.39 is 49.8 Å². The first-order valence-corrected chi connectivity index (χ1v) is 15.3. The number of hydrogen-bond acceptors (Lipinski definition) is 12. The van der Waals surface area contributed by atoms with Crippen molar-refractivity contribution in [1.29, 1.82) is 0 Å². The molecule has 2 fully saturated rings. The summed E-state index contributed by atoms with van der Waals surface area (Å²) in [6.45, 7) is -4.39. The highest BCUT2D eigenvalue weighted by molar-refractivity contribution is 8.07. The largest absolute Gasteiger partial charge is 0.394 e. The Labute approximate surface area is 235 Å². The number of halogens is 1. The molecule has 2 aliphatic rings. The van der Waals surface area contributed by atoms with Crippen LogP contribution in [-0.4, -0.2) is 88.0 Å². The fourth-order valence-corrected chi connectivity index (χ4v) is 6.68. The lowest BCUT2D eigenvalue weighted by Gasteiger charge is -2.25. The Hall–Kier alpha value is -2.86. The van der Waals surface area contributed by atoms with Crippen LogP contribution in [0.3, 0.4) is 0 Å². The summed E-state index contributed by atoms with van der Waals surface area (Å²) in [4.78, 5) is 37.6. The molecule has 0 aliphatic carbocycles. The highest BCUT2D eigenvalue weighted by atomic mass is 32.5. The number of pyridine rings is 1. The lowest BCUT2D eigenvalue weighted by atomic mass is 10.1. The first-order chi connectivity index (χ1) is 19.7. The molecule has 4 aromatic rings. The molecule has 41 heavy (non-hydrogen) atoms. The number of nitrogen functional groups attached to an aromatic ring is 1. The molecular weight excluding hydrogens is 584 g/mol. The van der Waals surface area contributed by atoms with Crippen molar-refractivity contribution in [2.75, 3.05) is 18.9 Å². The topological polar surface area (TPSA) is 205 Å². The van der Waals surface area contributed by atoms with Crippen LogP contribution in [0.5, 0.6) is 0 Å². The van der Waals surface area contributed by atoms with Gasteiger partial charge in [-0.05, 0) is 23.9 Å². The molecule has 0 saturated carbocycles. The smallest absolute Gasteiger partial charge is 0.324 e. The maximum Gasteiger partial charge on any atom is 0.324 e. The number of ether oxygens (including phenoxy) is 2. The van der Waals surface area contributed by atoms with E-state index in [9.17, 15) is 19.9 Å². The van der Waals surface area contributed by atoms with Crippen LogP contribution in [0.2, 0.25) is 0 Å². The van der Waals surface area contributed by atoms with Gasteiger partial charge in [0, 0.05) is 25.2 Å². The van der Waals surface area contributed by atoms with E-state index in [2.05, 4.69) is 19.9 Å². The molecule has 4 aromatic heterocycles. The normalized spacial score (nSPS) is 29.9. The van der Waals surface area contributed by atoms with Crippen molar-refractivity contribution >= 4 is 46.4 Å². The molecule has 0 amide bonds. The van der Waals surface area contributed by atoms with E-state index in [0.29, 0.717) is 16.6 Å². The number of alkyl halides is 1. The van der Waals surface area contributed by atoms with Gasteiger partial charge >= 0.3 is 6.72 Å². The van der Waals surface area contributed by atoms with Crippen LogP contribution in [0.25, 0.3) is 22.1 Å². The van der Waals surface area contributed by atoms with Gasteiger partial charge in [0.15, 0.2) is 24.1 Å². The van der Waals surface area contributed by atoms with Gasteiger partial charge in [0.25, 0.3) is 5.56 Å². The monoisotopic (exact) mass is 611 g/mol. The zero-order chi connectivity index (χ0) is 28.9. The van der Waals surface area contributed by atoms with Crippen LogP contribution in [-0.2, 0) is 30.3 Å². The van der Waals surface area contributed by atoms with E-state index in [0.717, 1.165) is 0 Å². The molecule has 15 nitrogen and oxygen atoms in total. The van der Waals surface area contributed by atoms with Crippen LogP contribution in [0.4, 0.5) is 10.2 Å². The molecule has 18 heteroatoms. The Kier molecular flexibility index (Phi) is 7.65. The Balaban J connectivity index is 1.10. The summed E-state index contributed by atoms with van der Waals surface area (Å²) in [5.41, 5.74) is 6.48. The molecule has 0 bridgehead atoms. The van der Waals surface area contributed by atoms with Crippen molar-refractivity contribution in [2.45, 2.75) is 55.9 Å². The molecule has 0 spiro atoms. The molecule has 8 atom stereocenters. The van der Waals surface area contributed by atoms with Gasteiger partial charge in [-0.25, -0.2) is 19.3 Å². The summed E-state index contributed by atoms with van der Waals surface area (Å²) in [6, 6.07) is 3.27. The number of H-pyrrole nitrogens is 1. The Morgan fingerprint density at radius 3 is 2.88 bits per heavy atom. The average Bonchev–Trinajstić information content (AvgIpc) is 3.71. The summed E-state index contributed by atoms with van der Waals surface area (Å²) < 4.78 is 41.0. The Morgan fingerprint density at radius 2 is 2.07 bits per heavy atom. The first-order valence-electron chi connectivity index (χ1n) is 12.7. The third-order valence-electron chi connectivity index (χ3n) is 7.16. The van der Waals surface area contributed by atoms with Gasteiger partial charge in [0.05, 0.1) is 42.7 Å². The van der Waals surface area contributed by atoms with Gasteiger partial charge in [-0.1, -0.05) is 0 Å². The van der Waals surface area contributed by atoms with Crippen LogP contribution < -0.4 is 11.3 Å². The number of nitrogens with two attached hydrogens (primary N) is 1. The Morgan fingerprint density at radius 1 is 1.24 bits per heavy atom. The van der Waals surface area contributed by atoms with Crippen molar-refractivity contribution in [2.24, 2.45) is 0 Å². The van der Waals surface area contributed by atoms with E-state index >= 15 is 4.39 Å². The standard InChI is InChI=1S/C23H27FN7O8PS/c24-16-18(33)14(38-23(16)30-5-2-12-19(25)27-9-28-20(12)30)3-6-36-40(35,41)39-15-7-11(8-32)37-22(15)31-10-29-17-13(31)1-4-26-21(17)34/h1-2,4-5,9-11,14-16,18,22-23,32-33H,3,6-8H2,(H,26,34)(H,35,41)(H2,25,27,28)/t11-,14+,15+,16-,18+,22+,23+,40?/m0/s1. The molecule has 0 radical (unpaired) electrons. The maximum absolute atomic E-state index is 15.1. The number of anilines is 1. The summed E-state index contributed by atoms with van der Waals surface area (Å²) in [6.07, 6.45) is -1.87. The van der Waals surface area contributed by atoms with E-state index in [1.165, 1.54) is 23.4 Å². The van der Waals surface area contributed by atoms with Crippen LogP contribution in [0.15, 0.2) is 42.0 Å². The number of hydrogen-bond donors (Lipinski definition) is 5. The number of fused-ring (bicyclic) bond motifs is 2. The SMILES string of the molecule is Nc1ncnc2c1ccn2[C@@H]1O[C@H](CCOP(O)(=S)O[C@@H]2C[C@@H](CO)O[C@H]2n2cnc3c(=O)[nH]ccc32)[C@@H](O)[C@@H]1F. The fourth-order valence-electron chi connectivity index (χ4n) is 5.20. The highest BCUT2D eigenvalue weighted by Crippen LogP contribution is 2.50. The van der Waals surface area contributed by atoms with Gasteiger partial charge in [-0.2, -0.15) is 0 Å². The number of nitrogens with zero attached hydrogens (tertiary/aromatic N) is 5. The molecule has 2 saturated heterocycles. The summed E-state index contributed by atoms with van der Waals surface area (Å²) >= 11 is 5.22. The first kappa shape index (κ1) is 28.3. The quantitative estimate of drug-likeness (QED) is 0.165. The van der Waals surface area contributed by atoms with E-state index in [1.54, 1.807) is 22.9 Å². The maximum atomic E-state index is 15.1. The molecule has 6 rings (SSSR count). The number of aliphatic hydroxyl groups is 2. The number of aliphatic hydroxyl groups excluding tert-OH is 2. The molecule has 6 N–H and O–H groups in total. The predicted molar refractivity (Wildman–Crippen MR) is 145 cm³/mol. The summed E-state index contributed by atoms with van der Waals surface area (Å²) in [5, 5.41) is 20.7. The van der Waals surface area contributed by atoms with Crippen LogP contribution >= 0.6 is 6.72 Å². The van der Waals surface area contributed by atoms with E-state index in [1.807, 2.05) is 0 Å². The summed E-state index contributed by atoms with van der Waals surface area (Å²) in [7, 11) is 0. The lowest BCUT2D eigenvalue weighted by molar-refractivity contribution is -0.0477. The number of aromatic amines is 1. The molecule has 6 heterocycles. The second-order valence-corrected chi connectivity index (χ2v) is 12.5. The van der Waals surface area contributed by atoms with Gasteiger partial charge in [0.1, 0.15) is 30.0 Å². The van der Waals surface area contributed by atoms with Gasteiger partial charge in [-0.3, -0.25) is 4.79 Å². The molecule has 0 aromatic carbocycles. The van der Waals surface area contributed by atoms with Crippen molar-refractivity contribution in [1.82, 2.24) is 29.1 Å². The van der Waals surface area contributed by atoms with Gasteiger partial charge in [-0.15, -0.1) is 0 Å². The number of nitrogens with one attached hydrogen (secondary N) is 1. The van der Waals surface area contributed by atoms with Crippen molar-refractivity contribution in [3.63, 3.8) is 0 Å². The molecular formula is C23H27FN7O8PS. The summed E-state index contributed by atoms with van der Waals surface area (Å²) in [5.74, 6) is 0.233. The number of aromatic nitrogens is 6. The zero-order valence-electron chi connectivity index (χ0n) is 21.3. The van der Waals surface area contributed by atoms with Crippen LogP contribution in [0, 0.1) is 0 Å². The predicted octanol–water partition coefficient (Wildman–Crippen LogP) is 0.637. The van der Waals surface area contributed by atoms with Crippen molar-refractivity contribution in [3.05, 3.63) is 47.5 Å². The average molecular weight is 612 g/mol. The lowest BCUT2D eigenvalue weighted by Crippen LogP contribution is -2.29. The zero-order valence-corrected chi connectivity index (χ0v) is 23.0. The van der Waals surface area contributed by atoms with E-state index in [4.69, 9.17) is 36.1 Å². The van der Waals surface area contributed by atoms with Crippen molar-refractivity contribution in [3.8, 4) is 0 Å². The third-order valence-corrected chi connectivity index (χ3v) is 8.78. The van der Waals surface area contributed by atoms with E-state index in [-0.39, 0.29) is 42.9 Å². The third kappa shape index (κ3) is 5.29. The van der Waals surface area contributed by atoms with Crippen LogP contribution in [0.1, 0.15) is 25.3 Å². The number of imidazole rings is 1. The van der Waals surface area contributed by atoms with Gasteiger partial charge < -0.3 is 53.5 Å². The highest BCUT2D eigenvalue weighted by Gasteiger charge is 2.46.